The molecule has 4 nitrogen and oxygen atoms in total. The zero-order valence-corrected chi connectivity index (χ0v) is 7.84. The zero-order valence-electron chi connectivity index (χ0n) is 7.03. The van der Waals surface area contributed by atoms with Gasteiger partial charge in [-0.3, -0.25) is 10.1 Å². The molecule has 2 rings (SSSR count). The molecule has 2 heterocycles. The van der Waals surface area contributed by atoms with Crippen LogP contribution in [-0.4, -0.2) is 11.5 Å². The van der Waals surface area contributed by atoms with Crippen LogP contribution in [0.3, 0.4) is 0 Å². The van der Waals surface area contributed by atoms with Crippen LogP contribution in [0.15, 0.2) is 12.1 Å². The summed E-state index contributed by atoms with van der Waals surface area (Å²) in [6.07, 6.45) is 2.26. The molecule has 0 bridgehead atoms. The highest BCUT2D eigenvalue weighted by molar-refractivity contribution is 7.15. The molecule has 1 saturated heterocycles. The zero-order chi connectivity index (χ0) is 9.26. The highest BCUT2D eigenvalue weighted by Gasteiger charge is 2.20. The molecule has 13 heavy (non-hydrogen) atoms. The van der Waals surface area contributed by atoms with Gasteiger partial charge in [0, 0.05) is 17.0 Å². The Morgan fingerprint density at radius 3 is 3.00 bits per heavy atom. The molecule has 1 fully saturated rings. The summed E-state index contributed by atoms with van der Waals surface area (Å²) in [6, 6.07) is 3.78. The van der Waals surface area contributed by atoms with Crippen molar-refractivity contribution in [3.05, 3.63) is 27.1 Å². The van der Waals surface area contributed by atoms with E-state index in [1.54, 1.807) is 6.07 Å². The summed E-state index contributed by atoms with van der Waals surface area (Å²) in [6.45, 7) is 1.02. The summed E-state index contributed by atoms with van der Waals surface area (Å²) < 4.78 is 0. The first-order chi connectivity index (χ1) is 6.27. The van der Waals surface area contributed by atoms with Gasteiger partial charge >= 0.3 is 5.00 Å². The van der Waals surface area contributed by atoms with Gasteiger partial charge in [-0.15, -0.1) is 0 Å². The quantitative estimate of drug-likeness (QED) is 0.584. The summed E-state index contributed by atoms with van der Waals surface area (Å²) in [5, 5.41) is 14.0. The molecule has 1 aliphatic rings. The molecule has 1 aromatic heterocycles. The molecule has 1 N–H and O–H groups in total. The molecule has 5 heteroatoms. The number of rotatable bonds is 2. The number of nitrogens with zero attached hydrogens (tertiary/aromatic N) is 1. The standard InChI is InChI=1S/C8H10N2O2S/c11-10(12)8-4-3-7(13-8)6-2-1-5-9-6/h3-4,6,9H,1-2,5H2. The lowest BCUT2D eigenvalue weighted by Gasteiger charge is -2.04. The van der Waals surface area contributed by atoms with E-state index in [2.05, 4.69) is 5.32 Å². The van der Waals surface area contributed by atoms with Gasteiger partial charge in [0.25, 0.3) is 0 Å². The molecule has 1 unspecified atom stereocenters. The van der Waals surface area contributed by atoms with Crippen LogP contribution >= 0.6 is 11.3 Å². The van der Waals surface area contributed by atoms with Crippen molar-refractivity contribution in [3.63, 3.8) is 0 Å². The SMILES string of the molecule is O=[N+]([O-])c1ccc(C2CCCN2)s1. The normalized spacial score (nSPS) is 22.0. The number of nitro groups is 1. The number of nitrogens with one attached hydrogen (secondary N) is 1. The summed E-state index contributed by atoms with van der Waals surface area (Å²) in [5.74, 6) is 0. The third kappa shape index (κ3) is 1.71. The molecule has 70 valence electrons. The topological polar surface area (TPSA) is 55.2 Å². The van der Waals surface area contributed by atoms with E-state index in [-0.39, 0.29) is 9.92 Å². The van der Waals surface area contributed by atoms with Crippen LogP contribution in [0.25, 0.3) is 0 Å². The fraction of sp³-hybridized carbons (Fsp3) is 0.500. The van der Waals surface area contributed by atoms with Gasteiger partial charge in [-0.1, -0.05) is 11.3 Å². The van der Waals surface area contributed by atoms with Gasteiger partial charge in [0.05, 0.1) is 4.92 Å². The maximum absolute atomic E-state index is 10.4. The molecular formula is C8H10N2O2S. The van der Waals surface area contributed by atoms with Crippen molar-refractivity contribution in [2.45, 2.75) is 18.9 Å². The molecule has 1 aromatic rings. The highest BCUT2D eigenvalue weighted by Crippen LogP contribution is 2.32. The number of hydrogen-bond donors (Lipinski definition) is 1. The molecule has 0 spiro atoms. The van der Waals surface area contributed by atoms with Crippen LogP contribution < -0.4 is 5.32 Å². The Bertz CT molecular complexity index is 318. The minimum absolute atomic E-state index is 0.240. The Labute approximate surface area is 79.7 Å². The third-order valence-electron chi connectivity index (χ3n) is 2.20. The van der Waals surface area contributed by atoms with Crippen LogP contribution in [0.4, 0.5) is 5.00 Å². The highest BCUT2D eigenvalue weighted by atomic mass is 32.1. The van der Waals surface area contributed by atoms with E-state index in [0.717, 1.165) is 24.3 Å². The molecule has 0 amide bonds. The van der Waals surface area contributed by atoms with Crippen molar-refractivity contribution in [2.75, 3.05) is 6.54 Å². The fourth-order valence-corrected chi connectivity index (χ4v) is 2.49. The average Bonchev–Trinajstić information content (AvgIpc) is 2.75. The number of hydrogen-bond acceptors (Lipinski definition) is 4. The van der Waals surface area contributed by atoms with Crippen molar-refractivity contribution >= 4 is 16.3 Å². The second-order valence-corrected chi connectivity index (χ2v) is 4.18. The Kier molecular flexibility index (Phi) is 2.28. The lowest BCUT2D eigenvalue weighted by atomic mass is 10.2. The Morgan fingerprint density at radius 2 is 2.46 bits per heavy atom. The van der Waals surface area contributed by atoms with Crippen molar-refractivity contribution in [1.29, 1.82) is 0 Å². The predicted octanol–water partition coefficient (Wildman–Crippen LogP) is 2.08. The second-order valence-electron chi connectivity index (χ2n) is 3.08. The Hall–Kier alpha value is -0.940. The van der Waals surface area contributed by atoms with E-state index in [0.29, 0.717) is 6.04 Å². The molecule has 1 aliphatic heterocycles. The van der Waals surface area contributed by atoms with Crippen molar-refractivity contribution in [2.24, 2.45) is 0 Å². The van der Waals surface area contributed by atoms with E-state index in [1.165, 1.54) is 11.3 Å². The van der Waals surface area contributed by atoms with Gasteiger partial charge in [0.15, 0.2) is 0 Å². The molecule has 1 atom stereocenters. The lowest BCUT2D eigenvalue weighted by Crippen LogP contribution is -2.11. The molecule has 0 aliphatic carbocycles. The van der Waals surface area contributed by atoms with Crippen molar-refractivity contribution < 1.29 is 4.92 Å². The van der Waals surface area contributed by atoms with Crippen molar-refractivity contribution in [3.8, 4) is 0 Å². The summed E-state index contributed by atoms with van der Waals surface area (Å²) in [7, 11) is 0. The largest absolute Gasteiger partial charge is 0.324 e. The minimum Gasteiger partial charge on any atom is -0.309 e. The molecule has 0 saturated carbocycles. The Balaban J connectivity index is 2.16. The van der Waals surface area contributed by atoms with Crippen molar-refractivity contribution in [1.82, 2.24) is 5.32 Å². The third-order valence-corrected chi connectivity index (χ3v) is 3.35. The van der Waals surface area contributed by atoms with Crippen LogP contribution in [0.2, 0.25) is 0 Å². The van der Waals surface area contributed by atoms with Gasteiger partial charge in [-0.05, 0) is 25.5 Å². The summed E-state index contributed by atoms with van der Waals surface area (Å²) in [4.78, 5) is 11.2. The van der Waals surface area contributed by atoms with Crippen LogP contribution in [-0.2, 0) is 0 Å². The average molecular weight is 198 g/mol. The monoisotopic (exact) mass is 198 g/mol. The van der Waals surface area contributed by atoms with Crippen LogP contribution in [0.5, 0.6) is 0 Å². The van der Waals surface area contributed by atoms with Gasteiger partial charge < -0.3 is 5.32 Å². The summed E-state index contributed by atoms with van der Waals surface area (Å²) >= 11 is 1.28. The van der Waals surface area contributed by atoms with E-state index in [1.807, 2.05) is 6.07 Å². The lowest BCUT2D eigenvalue weighted by molar-refractivity contribution is -0.380. The Morgan fingerprint density at radius 1 is 1.62 bits per heavy atom. The first-order valence-electron chi connectivity index (χ1n) is 4.25. The minimum atomic E-state index is -0.330. The smallest absolute Gasteiger partial charge is 0.309 e. The van der Waals surface area contributed by atoms with E-state index in [4.69, 9.17) is 0 Å². The van der Waals surface area contributed by atoms with E-state index in [9.17, 15) is 10.1 Å². The van der Waals surface area contributed by atoms with Gasteiger partial charge in [-0.25, -0.2) is 0 Å². The summed E-state index contributed by atoms with van der Waals surface area (Å²) in [5.41, 5.74) is 0. The molecule has 0 radical (unpaired) electrons. The number of thiophene rings is 1. The fourth-order valence-electron chi connectivity index (χ4n) is 1.56. The second kappa shape index (κ2) is 3.43. The van der Waals surface area contributed by atoms with Crippen LogP contribution in [0.1, 0.15) is 23.8 Å². The predicted molar refractivity (Wildman–Crippen MR) is 51.0 cm³/mol. The first kappa shape index (κ1) is 8.65. The maximum Gasteiger partial charge on any atom is 0.324 e. The molecule has 0 aromatic carbocycles. The van der Waals surface area contributed by atoms with E-state index < -0.39 is 0 Å². The van der Waals surface area contributed by atoms with Gasteiger partial charge in [-0.2, -0.15) is 0 Å². The van der Waals surface area contributed by atoms with E-state index >= 15 is 0 Å². The van der Waals surface area contributed by atoms with Gasteiger partial charge in [0.2, 0.25) is 0 Å². The maximum atomic E-state index is 10.4. The first-order valence-corrected chi connectivity index (χ1v) is 5.06. The van der Waals surface area contributed by atoms with Crippen LogP contribution in [0, 0.1) is 10.1 Å². The van der Waals surface area contributed by atoms with Gasteiger partial charge in [0.1, 0.15) is 0 Å². The molecular weight excluding hydrogens is 188 g/mol.